The van der Waals surface area contributed by atoms with Crippen molar-refractivity contribution in [2.75, 3.05) is 12.9 Å². The smallest absolute Gasteiger partial charge is 0.288 e. The zero-order chi connectivity index (χ0) is 13.7. The predicted molar refractivity (Wildman–Crippen MR) is 66.9 cm³/mol. The summed E-state index contributed by atoms with van der Waals surface area (Å²) in [5.41, 5.74) is -0.191. The molecule has 2 atom stereocenters. The molecule has 1 heterocycles. The van der Waals surface area contributed by atoms with Gasteiger partial charge in [-0.3, -0.25) is 10.1 Å². The molecule has 0 saturated heterocycles. The summed E-state index contributed by atoms with van der Waals surface area (Å²) in [6, 6.07) is 1.14. The van der Waals surface area contributed by atoms with E-state index in [1.54, 1.807) is 0 Å². The summed E-state index contributed by atoms with van der Waals surface area (Å²) >= 11 is 3.94. The molecule has 0 aliphatic rings. The van der Waals surface area contributed by atoms with Crippen LogP contribution in [0.15, 0.2) is 12.3 Å². The van der Waals surface area contributed by atoms with Gasteiger partial charge in [-0.15, -0.1) is 0 Å². The summed E-state index contributed by atoms with van der Waals surface area (Å²) in [5.74, 6) is 0.425. The molecule has 2 unspecified atom stereocenters. The fourth-order valence-electron chi connectivity index (χ4n) is 1.44. The van der Waals surface area contributed by atoms with Crippen molar-refractivity contribution in [3.05, 3.63) is 27.9 Å². The lowest BCUT2D eigenvalue weighted by molar-refractivity contribution is -0.385. The number of aliphatic hydroxyl groups is 2. The van der Waals surface area contributed by atoms with E-state index >= 15 is 0 Å². The van der Waals surface area contributed by atoms with Gasteiger partial charge >= 0.3 is 0 Å². The van der Waals surface area contributed by atoms with Crippen molar-refractivity contribution in [1.29, 1.82) is 0 Å². The van der Waals surface area contributed by atoms with Gasteiger partial charge in [0, 0.05) is 6.07 Å². The number of hydrogen-bond donors (Lipinski definition) is 3. The quantitative estimate of drug-likeness (QED) is 0.401. The van der Waals surface area contributed by atoms with Gasteiger partial charge in [0.2, 0.25) is 5.88 Å². The molecule has 0 fully saturated rings. The van der Waals surface area contributed by atoms with Crippen LogP contribution in [0.1, 0.15) is 18.1 Å². The molecule has 1 rings (SSSR count). The Morgan fingerprint density at radius 3 is 2.78 bits per heavy atom. The van der Waals surface area contributed by atoms with Gasteiger partial charge in [-0.1, -0.05) is 0 Å². The number of thiol groups is 1. The van der Waals surface area contributed by atoms with Crippen molar-refractivity contribution in [3.8, 4) is 5.88 Å². The number of hydrogen-bond acceptors (Lipinski definition) is 7. The van der Waals surface area contributed by atoms with E-state index in [0.29, 0.717) is 5.75 Å². The van der Waals surface area contributed by atoms with Gasteiger partial charge in [-0.25, -0.2) is 4.98 Å². The third kappa shape index (κ3) is 3.31. The average molecular weight is 274 g/mol. The Hall–Kier alpha value is -1.38. The first-order chi connectivity index (χ1) is 8.51. The zero-order valence-electron chi connectivity index (χ0n) is 9.68. The minimum Gasteiger partial charge on any atom is -0.481 e. The topological polar surface area (TPSA) is 106 Å². The van der Waals surface area contributed by atoms with Gasteiger partial charge in [0.25, 0.3) is 5.69 Å². The Kier molecular flexibility index (Phi) is 5.32. The Bertz CT molecular complexity index is 429. The van der Waals surface area contributed by atoms with Gasteiger partial charge in [0.1, 0.15) is 12.3 Å². The predicted octanol–water partition coefficient (Wildman–Crippen LogP) is 0.713. The lowest BCUT2D eigenvalue weighted by atomic mass is 10.0. The molecule has 1 aromatic heterocycles. The molecule has 18 heavy (non-hydrogen) atoms. The van der Waals surface area contributed by atoms with Crippen LogP contribution in [0, 0.1) is 10.1 Å². The zero-order valence-corrected chi connectivity index (χ0v) is 10.6. The second kappa shape index (κ2) is 6.53. The number of methoxy groups -OCH3 is 1. The number of nitrogens with zero attached hydrogens (tertiary/aromatic N) is 2. The lowest BCUT2D eigenvalue weighted by Gasteiger charge is -2.18. The van der Waals surface area contributed by atoms with Crippen LogP contribution < -0.4 is 4.74 Å². The fourth-order valence-corrected chi connectivity index (χ4v) is 1.70. The normalized spacial score (nSPS) is 14.0. The van der Waals surface area contributed by atoms with Crippen molar-refractivity contribution >= 4 is 18.3 Å². The number of aliphatic hydroxyl groups excluding tert-OH is 2. The summed E-state index contributed by atoms with van der Waals surface area (Å²) < 4.78 is 4.91. The second-order valence-electron chi connectivity index (χ2n) is 3.57. The van der Waals surface area contributed by atoms with E-state index in [1.807, 2.05) is 0 Å². The van der Waals surface area contributed by atoms with Gasteiger partial charge in [-0.2, -0.15) is 12.6 Å². The van der Waals surface area contributed by atoms with E-state index < -0.39 is 17.1 Å². The van der Waals surface area contributed by atoms with Gasteiger partial charge in [0.05, 0.1) is 23.7 Å². The van der Waals surface area contributed by atoms with Crippen molar-refractivity contribution in [3.63, 3.8) is 0 Å². The van der Waals surface area contributed by atoms with E-state index in [-0.39, 0.29) is 23.6 Å². The highest BCUT2D eigenvalue weighted by Crippen LogP contribution is 2.29. The number of pyridine rings is 1. The maximum atomic E-state index is 10.6. The number of rotatable bonds is 6. The molecule has 0 spiro atoms. The summed E-state index contributed by atoms with van der Waals surface area (Å²) in [6.07, 6.45) is -1.12. The van der Waals surface area contributed by atoms with E-state index in [4.69, 9.17) is 4.74 Å². The van der Waals surface area contributed by atoms with Gasteiger partial charge in [-0.05, 0) is 12.2 Å². The molecule has 2 N–H and O–H groups in total. The highest BCUT2D eigenvalue weighted by molar-refractivity contribution is 7.80. The Morgan fingerprint density at radius 1 is 1.61 bits per heavy atom. The molecule has 100 valence electrons. The molecule has 1 aromatic rings. The molecule has 0 saturated carbocycles. The molecule has 0 radical (unpaired) electrons. The Labute approximate surface area is 109 Å². The van der Waals surface area contributed by atoms with Crippen LogP contribution in [-0.2, 0) is 0 Å². The molecular weight excluding hydrogens is 260 g/mol. The molecular formula is C10H14N2O5S. The van der Waals surface area contributed by atoms with Crippen molar-refractivity contribution < 1.29 is 19.9 Å². The monoisotopic (exact) mass is 274 g/mol. The van der Waals surface area contributed by atoms with Crippen molar-refractivity contribution in [1.82, 2.24) is 4.98 Å². The fraction of sp³-hybridized carbons (Fsp3) is 0.500. The third-order valence-corrected chi connectivity index (χ3v) is 2.63. The Morgan fingerprint density at radius 2 is 2.28 bits per heavy atom. The molecule has 8 heteroatoms. The maximum Gasteiger partial charge on any atom is 0.288 e. The molecule has 0 aromatic carbocycles. The van der Waals surface area contributed by atoms with Crippen LogP contribution in [-0.4, -0.2) is 39.1 Å². The first kappa shape index (κ1) is 14.7. The first-order valence-electron chi connectivity index (χ1n) is 5.16. The maximum absolute atomic E-state index is 10.6. The summed E-state index contributed by atoms with van der Waals surface area (Å²) in [4.78, 5) is 13.7. The van der Waals surface area contributed by atoms with Crippen LogP contribution in [0.5, 0.6) is 5.88 Å². The van der Waals surface area contributed by atoms with Gasteiger partial charge < -0.3 is 14.9 Å². The summed E-state index contributed by atoms with van der Waals surface area (Å²) in [7, 11) is 1.33. The Balaban J connectivity index is 3.10. The highest BCUT2D eigenvalue weighted by atomic mass is 32.1. The average Bonchev–Trinajstić information content (AvgIpc) is 2.37. The van der Waals surface area contributed by atoms with E-state index in [2.05, 4.69) is 17.6 Å². The molecule has 7 nitrogen and oxygen atoms in total. The lowest BCUT2D eigenvalue weighted by Crippen LogP contribution is -2.19. The molecule has 0 amide bonds. The number of aromatic nitrogens is 1. The van der Waals surface area contributed by atoms with Crippen LogP contribution >= 0.6 is 12.6 Å². The standard InChI is InChI=1S/C10H14N2O5S/c1-17-10-7(9(14)8(13)2-3-18)4-6(5-11-10)12(15)16/h4-5,8-9,13-14,18H,2-3H2,1H3. The van der Waals surface area contributed by atoms with Crippen LogP contribution in [0.4, 0.5) is 5.69 Å². The van der Waals surface area contributed by atoms with E-state index in [0.717, 1.165) is 12.3 Å². The van der Waals surface area contributed by atoms with Crippen molar-refractivity contribution in [2.24, 2.45) is 0 Å². The van der Waals surface area contributed by atoms with E-state index in [9.17, 15) is 20.3 Å². The minimum absolute atomic E-state index is 0.0475. The van der Waals surface area contributed by atoms with Crippen LogP contribution in [0.25, 0.3) is 0 Å². The first-order valence-corrected chi connectivity index (χ1v) is 5.79. The largest absolute Gasteiger partial charge is 0.481 e. The highest BCUT2D eigenvalue weighted by Gasteiger charge is 2.24. The van der Waals surface area contributed by atoms with Crippen LogP contribution in [0.3, 0.4) is 0 Å². The molecule has 0 aliphatic heterocycles. The second-order valence-corrected chi connectivity index (χ2v) is 4.02. The van der Waals surface area contributed by atoms with Gasteiger partial charge in [0.15, 0.2) is 0 Å². The third-order valence-electron chi connectivity index (χ3n) is 2.38. The minimum atomic E-state index is -1.31. The summed E-state index contributed by atoms with van der Waals surface area (Å²) in [6.45, 7) is 0. The van der Waals surface area contributed by atoms with Crippen molar-refractivity contribution in [2.45, 2.75) is 18.6 Å². The summed E-state index contributed by atoms with van der Waals surface area (Å²) in [5, 5.41) is 30.2. The molecule has 0 bridgehead atoms. The number of ether oxygens (including phenoxy) is 1. The van der Waals surface area contributed by atoms with E-state index in [1.165, 1.54) is 7.11 Å². The number of nitro groups is 1. The SMILES string of the molecule is COc1ncc([N+](=O)[O-])cc1C(O)C(O)CCS. The van der Waals surface area contributed by atoms with Crippen LogP contribution in [0.2, 0.25) is 0 Å². The molecule has 0 aliphatic carbocycles.